The van der Waals surface area contributed by atoms with Crippen LogP contribution in [0.15, 0.2) is 65.8 Å². The molecule has 1 fully saturated rings. The molecule has 4 rings (SSSR count). The molecule has 0 aliphatic carbocycles. The fraction of sp³-hybridized carbons (Fsp3) is 0.444. The van der Waals surface area contributed by atoms with Crippen LogP contribution in [-0.2, 0) is 19.6 Å². The first-order valence-electron chi connectivity index (χ1n) is 12.3. The SMILES string of the molecule is CCNC(=NCc1ccc(CN2CCC(O)CC2)cc1)NCCCn1ccc2ccccc21. The van der Waals surface area contributed by atoms with E-state index < -0.39 is 0 Å². The van der Waals surface area contributed by atoms with Crippen LogP contribution in [0.25, 0.3) is 10.9 Å². The Balaban J connectivity index is 1.23. The van der Waals surface area contributed by atoms with Crippen molar-refractivity contribution >= 4 is 16.9 Å². The van der Waals surface area contributed by atoms with Crippen LogP contribution in [0.1, 0.15) is 37.3 Å². The Bertz CT molecular complexity index is 1020. The second-order valence-corrected chi connectivity index (χ2v) is 8.87. The summed E-state index contributed by atoms with van der Waals surface area (Å²) in [6.07, 6.45) is 4.85. The van der Waals surface area contributed by atoms with Gasteiger partial charge in [-0.2, -0.15) is 0 Å². The van der Waals surface area contributed by atoms with Crippen molar-refractivity contribution in [3.05, 3.63) is 71.9 Å². The predicted molar refractivity (Wildman–Crippen MR) is 136 cm³/mol. The zero-order valence-corrected chi connectivity index (χ0v) is 19.7. The van der Waals surface area contributed by atoms with Crippen LogP contribution in [0.4, 0.5) is 0 Å². The number of guanidine groups is 1. The lowest BCUT2D eigenvalue weighted by Gasteiger charge is -2.29. The molecule has 33 heavy (non-hydrogen) atoms. The Morgan fingerprint density at radius 2 is 1.76 bits per heavy atom. The lowest BCUT2D eigenvalue weighted by Crippen LogP contribution is -2.38. The zero-order valence-electron chi connectivity index (χ0n) is 19.7. The zero-order chi connectivity index (χ0) is 22.9. The van der Waals surface area contributed by atoms with Gasteiger partial charge < -0.3 is 20.3 Å². The van der Waals surface area contributed by atoms with Crippen molar-refractivity contribution in [2.24, 2.45) is 4.99 Å². The summed E-state index contributed by atoms with van der Waals surface area (Å²) in [6, 6.07) is 19.5. The highest BCUT2D eigenvalue weighted by molar-refractivity contribution is 5.80. The van der Waals surface area contributed by atoms with Gasteiger partial charge >= 0.3 is 0 Å². The molecule has 0 radical (unpaired) electrons. The molecule has 6 heteroatoms. The Kier molecular flexibility index (Phi) is 8.39. The summed E-state index contributed by atoms with van der Waals surface area (Å²) in [5.41, 5.74) is 3.82. The molecule has 3 aromatic rings. The number of nitrogens with one attached hydrogen (secondary N) is 2. The van der Waals surface area contributed by atoms with Gasteiger partial charge in [0, 0.05) is 51.0 Å². The molecule has 0 saturated carbocycles. The van der Waals surface area contributed by atoms with Gasteiger partial charge in [0.05, 0.1) is 12.6 Å². The molecule has 0 amide bonds. The topological polar surface area (TPSA) is 64.8 Å². The first-order valence-corrected chi connectivity index (χ1v) is 12.3. The average Bonchev–Trinajstić information content (AvgIpc) is 3.25. The molecule has 0 spiro atoms. The number of likely N-dealkylation sites (tertiary alicyclic amines) is 1. The molecule has 176 valence electrons. The normalized spacial score (nSPS) is 15.8. The Morgan fingerprint density at radius 1 is 1.00 bits per heavy atom. The molecule has 0 atom stereocenters. The van der Waals surface area contributed by atoms with E-state index in [1.165, 1.54) is 22.0 Å². The summed E-state index contributed by atoms with van der Waals surface area (Å²) in [5.74, 6) is 0.866. The smallest absolute Gasteiger partial charge is 0.191 e. The maximum atomic E-state index is 9.67. The first kappa shape index (κ1) is 23.3. The van der Waals surface area contributed by atoms with E-state index in [4.69, 9.17) is 4.99 Å². The van der Waals surface area contributed by atoms with Gasteiger partial charge in [0.25, 0.3) is 0 Å². The summed E-state index contributed by atoms with van der Waals surface area (Å²) in [7, 11) is 0. The van der Waals surface area contributed by atoms with Gasteiger partial charge in [0.1, 0.15) is 0 Å². The monoisotopic (exact) mass is 447 g/mol. The van der Waals surface area contributed by atoms with Gasteiger partial charge in [-0.1, -0.05) is 42.5 Å². The molecule has 3 N–H and O–H groups in total. The fourth-order valence-corrected chi connectivity index (χ4v) is 4.39. The number of hydrogen-bond donors (Lipinski definition) is 3. The van der Waals surface area contributed by atoms with E-state index in [2.05, 4.69) is 87.8 Å². The molecule has 2 aromatic carbocycles. The number of aromatic nitrogens is 1. The van der Waals surface area contributed by atoms with E-state index in [-0.39, 0.29) is 6.10 Å². The molecule has 0 bridgehead atoms. The molecule has 1 aliphatic rings. The van der Waals surface area contributed by atoms with E-state index in [0.717, 1.165) is 64.5 Å². The number of aliphatic imine (C=N–C) groups is 1. The molecule has 0 unspecified atom stereocenters. The van der Waals surface area contributed by atoms with Crippen molar-refractivity contribution in [1.82, 2.24) is 20.1 Å². The molecular weight excluding hydrogens is 410 g/mol. The fourth-order valence-electron chi connectivity index (χ4n) is 4.39. The number of rotatable bonds is 9. The molecule has 1 aliphatic heterocycles. The van der Waals surface area contributed by atoms with Crippen LogP contribution < -0.4 is 10.6 Å². The van der Waals surface area contributed by atoms with Crippen LogP contribution >= 0.6 is 0 Å². The second kappa shape index (κ2) is 11.9. The van der Waals surface area contributed by atoms with Crippen molar-refractivity contribution in [2.75, 3.05) is 26.2 Å². The van der Waals surface area contributed by atoms with Gasteiger partial charge in [-0.3, -0.25) is 4.90 Å². The van der Waals surface area contributed by atoms with Crippen molar-refractivity contribution in [2.45, 2.75) is 51.9 Å². The minimum absolute atomic E-state index is 0.116. The lowest BCUT2D eigenvalue weighted by molar-refractivity contribution is 0.0792. The molecule has 2 heterocycles. The summed E-state index contributed by atoms with van der Waals surface area (Å²) in [6.45, 7) is 8.37. The first-order chi connectivity index (χ1) is 16.2. The summed E-state index contributed by atoms with van der Waals surface area (Å²) in [4.78, 5) is 7.19. The van der Waals surface area contributed by atoms with E-state index >= 15 is 0 Å². The minimum Gasteiger partial charge on any atom is -0.393 e. The predicted octanol–water partition coefficient (Wildman–Crippen LogP) is 3.74. The number of fused-ring (bicyclic) bond motifs is 1. The van der Waals surface area contributed by atoms with Crippen LogP contribution in [0.3, 0.4) is 0 Å². The van der Waals surface area contributed by atoms with Crippen molar-refractivity contribution in [3.8, 4) is 0 Å². The quantitative estimate of drug-likeness (QED) is 0.266. The number of aliphatic hydroxyl groups is 1. The molecular formula is C27H37N5O. The Hall–Kier alpha value is -2.83. The highest BCUT2D eigenvalue weighted by atomic mass is 16.3. The van der Waals surface area contributed by atoms with E-state index in [0.29, 0.717) is 6.54 Å². The number of nitrogens with zero attached hydrogens (tertiary/aromatic N) is 3. The molecule has 1 saturated heterocycles. The maximum absolute atomic E-state index is 9.67. The van der Waals surface area contributed by atoms with Crippen LogP contribution in [-0.4, -0.2) is 52.8 Å². The Morgan fingerprint density at radius 3 is 2.55 bits per heavy atom. The molecule has 6 nitrogen and oxygen atoms in total. The van der Waals surface area contributed by atoms with E-state index in [1.54, 1.807) is 0 Å². The van der Waals surface area contributed by atoms with Crippen LogP contribution in [0.5, 0.6) is 0 Å². The van der Waals surface area contributed by atoms with Gasteiger partial charge in [-0.25, -0.2) is 4.99 Å². The number of aryl methyl sites for hydroxylation is 1. The highest BCUT2D eigenvalue weighted by Gasteiger charge is 2.16. The third-order valence-corrected chi connectivity index (χ3v) is 6.30. The maximum Gasteiger partial charge on any atom is 0.191 e. The highest BCUT2D eigenvalue weighted by Crippen LogP contribution is 2.16. The number of aliphatic hydroxyl groups excluding tert-OH is 1. The third-order valence-electron chi connectivity index (χ3n) is 6.30. The second-order valence-electron chi connectivity index (χ2n) is 8.87. The van der Waals surface area contributed by atoms with Gasteiger partial charge in [0.2, 0.25) is 0 Å². The number of para-hydroxylation sites is 1. The summed E-state index contributed by atoms with van der Waals surface area (Å²) >= 11 is 0. The van der Waals surface area contributed by atoms with Gasteiger partial charge in [-0.05, 0) is 54.8 Å². The molecule has 1 aromatic heterocycles. The summed E-state index contributed by atoms with van der Waals surface area (Å²) < 4.78 is 2.31. The van der Waals surface area contributed by atoms with Crippen molar-refractivity contribution in [1.29, 1.82) is 0 Å². The average molecular weight is 448 g/mol. The largest absolute Gasteiger partial charge is 0.393 e. The van der Waals surface area contributed by atoms with Gasteiger partial charge in [-0.15, -0.1) is 0 Å². The third kappa shape index (κ3) is 6.83. The van der Waals surface area contributed by atoms with Crippen molar-refractivity contribution < 1.29 is 5.11 Å². The summed E-state index contributed by atoms with van der Waals surface area (Å²) in [5, 5.41) is 17.8. The Labute approximate surface area is 197 Å². The van der Waals surface area contributed by atoms with E-state index in [1.807, 2.05) is 0 Å². The van der Waals surface area contributed by atoms with Crippen molar-refractivity contribution in [3.63, 3.8) is 0 Å². The van der Waals surface area contributed by atoms with Crippen LogP contribution in [0.2, 0.25) is 0 Å². The lowest BCUT2D eigenvalue weighted by atomic mass is 10.1. The number of hydrogen-bond acceptors (Lipinski definition) is 3. The van der Waals surface area contributed by atoms with E-state index in [9.17, 15) is 5.11 Å². The standard InChI is InChI=1S/C27H37N5O/c1-2-28-27(29-15-5-16-32-19-12-24-6-3-4-7-26(24)32)30-20-22-8-10-23(11-9-22)21-31-17-13-25(33)14-18-31/h3-4,6-12,19,25,33H,2,5,13-18,20-21H2,1H3,(H2,28,29,30). The minimum atomic E-state index is -0.116. The number of piperidine rings is 1. The van der Waals surface area contributed by atoms with Crippen LogP contribution in [0, 0.1) is 0 Å². The van der Waals surface area contributed by atoms with Gasteiger partial charge in [0.15, 0.2) is 5.96 Å². The number of benzene rings is 2.